The third-order valence-electron chi connectivity index (χ3n) is 11.2. The summed E-state index contributed by atoms with van der Waals surface area (Å²) < 4.78 is 50.9. The monoisotopic (exact) mass is 833 g/mol. The first kappa shape index (κ1) is 43.4. The normalized spacial score (nSPS) is 22.6. The highest BCUT2D eigenvalue weighted by atomic mass is 32.2. The molecule has 1 saturated heterocycles. The number of rotatable bonds is 16. The number of nitrogens with one attached hydrogen (secondary N) is 3. The number of hydrogen-bond donors (Lipinski definition) is 3. The SMILES string of the molecule is C=CC1CC1(NC(=O)C1CC(Oc2cc(-c3ccccc3)nc3cc(OC)ccc23)CN1C(=O)C(NC(=O)OC(C)(C)C)C(C)C)C(=O)NS(=O)(=O)C1(CCOC)CC1. The van der Waals surface area contributed by atoms with Gasteiger partial charge in [-0.2, -0.15) is 0 Å². The van der Waals surface area contributed by atoms with Crippen molar-refractivity contribution in [2.45, 2.75) is 101 Å². The van der Waals surface area contributed by atoms with Crippen molar-refractivity contribution in [3.63, 3.8) is 0 Å². The molecule has 0 radical (unpaired) electrons. The highest BCUT2D eigenvalue weighted by molar-refractivity contribution is 7.91. The lowest BCUT2D eigenvalue weighted by Gasteiger charge is -2.31. The number of carbonyl (C=O) groups excluding carboxylic acids is 4. The zero-order chi connectivity index (χ0) is 42.9. The van der Waals surface area contributed by atoms with Gasteiger partial charge in [0.25, 0.3) is 5.91 Å². The molecule has 16 heteroatoms. The summed E-state index contributed by atoms with van der Waals surface area (Å²) in [6, 6.07) is 14.5. The number of fused-ring (bicyclic) bond motifs is 1. The number of pyridine rings is 1. The number of likely N-dealkylation sites (tertiary alicyclic amines) is 1. The third kappa shape index (κ3) is 9.33. The fourth-order valence-corrected chi connectivity index (χ4v) is 9.21. The molecule has 1 aliphatic heterocycles. The van der Waals surface area contributed by atoms with Gasteiger partial charge in [0.15, 0.2) is 0 Å². The molecule has 3 N–H and O–H groups in total. The number of benzene rings is 2. The van der Waals surface area contributed by atoms with Crippen LogP contribution in [0.25, 0.3) is 22.2 Å². The van der Waals surface area contributed by atoms with Crippen LogP contribution in [-0.2, 0) is 33.9 Å². The highest BCUT2D eigenvalue weighted by Crippen LogP contribution is 2.49. The molecule has 59 heavy (non-hydrogen) atoms. The van der Waals surface area contributed by atoms with Gasteiger partial charge in [-0.25, -0.2) is 18.2 Å². The maximum atomic E-state index is 14.6. The van der Waals surface area contributed by atoms with Crippen molar-refractivity contribution in [2.24, 2.45) is 11.8 Å². The van der Waals surface area contributed by atoms with Crippen molar-refractivity contribution in [2.75, 3.05) is 27.4 Å². The van der Waals surface area contributed by atoms with Gasteiger partial charge in [0, 0.05) is 49.1 Å². The van der Waals surface area contributed by atoms with Crippen LogP contribution < -0.4 is 24.8 Å². The number of methoxy groups -OCH3 is 2. The van der Waals surface area contributed by atoms with E-state index in [0.717, 1.165) is 5.56 Å². The van der Waals surface area contributed by atoms with E-state index in [1.165, 1.54) is 18.1 Å². The number of aromatic nitrogens is 1. The number of amides is 4. The van der Waals surface area contributed by atoms with Crippen molar-refractivity contribution in [1.82, 2.24) is 25.2 Å². The summed E-state index contributed by atoms with van der Waals surface area (Å²) in [4.78, 5) is 62.2. The molecule has 5 unspecified atom stereocenters. The Labute approximate surface area is 345 Å². The average molecular weight is 834 g/mol. The van der Waals surface area contributed by atoms with E-state index >= 15 is 0 Å². The van der Waals surface area contributed by atoms with E-state index in [9.17, 15) is 27.6 Å². The summed E-state index contributed by atoms with van der Waals surface area (Å²) in [6.45, 7) is 12.6. The van der Waals surface area contributed by atoms with E-state index < -0.39 is 79.7 Å². The lowest BCUT2D eigenvalue weighted by atomic mass is 10.0. The largest absolute Gasteiger partial charge is 0.497 e. The fourth-order valence-electron chi connectivity index (χ4n) is 7.58. The van der Waals surface area contributed by atoms with Crippen molar-refractivity contribution in [3.8, 4) is 22.8 Å². The van der Waals surface area contributed by atoms with E-state index in [0.29, 0.717) is 40.9 Å². The molecule has 6 rings (SSSR count). The Morgan fingerprint density at radius 3 is 2.36 bits per heavy atom. The van der Waals surface area contributed by atoms with Crippen molar-refractivity contribution < 1.29 is 46.5 Å². The summed E-state index contributed by atoms with van der Waals surface area (Å²) in [6.07, 6.45) is 1.06. The van der Waals surface area contributed by atoms with Crippen LogP contribution in [0.15, 0.2) is 67.3 Å². The van der Waals surface area contributed by atoms with Crippen LogP contribution in [0.3, 0.4) is 0 Å². The van der Waals surface area contributed by atoms with Gasteiger partial charge >= 0.3 is 6.09 Å². The van der Waals surface area contributed by atoms with E-state index in [1.54, 1.807) is 53.9 Å². The van der Waals surface area contributed by atoms with Gasteiger partial charge in [-0.1, -0.05) is 50.3 Å². The summed E-state index contributed by atoms with van der Waals surface area (Å²) in [7, 11) is -1.08. The molecule has 15 nitrogen and oxygen atoms in total. The second-order valence-corrected chi connectivity index (χ2v) is 19.0. The molecular weight excluding hydrogens is 779 g/mol. The predicted octanol–water partition coefficient (Wildman–Crippen LogP) is 4.88. The lowest BCUT2D eigenvalue weighted by Crippen LogP contribution is -2.59. The zero-order valence-electron chi connectivity index (χ0n) is 34.7. The predicted molar refractivity (Wildman–Crippen MR) is 221 cm³/mol. The number of sulfonamides is 1. The number of hydrogen-bond acceptors (Lipinski definition) is 11. The summed E-state index contributed by atoms with van der Waals surface area (Å²) >= 11 is 0. The maximum Gasteiger partial charge on any atom is 0.408 e. The molecule has 0 bridgehead atoms. The van der Waals surface area contributed by atoms with Gasteiger partial charge in [0.1, 0.15) is 40.8 Å². The Bertz CT molecular complexity index is 2200. The smallest absolute Gasteiger partial charge is 0.408 e. The van der Waals surface area contributed by atoms with Crippen molar-refractivity contribution >= 4 is 44.7 Å². The number of nitrogens with zero attached hydrogens (tertiary/aromatic N) is 2. The zero-order valence-corrected chi connectivity index (χ0v) is 35.5. The third-order valence-corrected chi connectivity index (χ3v) is 13.4. The molecule has 2 aromatic carbocycles. The van der Waals surface area contributed by atoms with Gasteiger partial charge in [-0.15, -0.1) is 6.58 Å². The molecule has 3 aromatic rings. The van der Waals surface area contributed by atoms with Crippen LogP contribution in [0.1, 0.15) is 66.7 Å². The standard InChI is InChI=1S/C43H55N5O10S/c1-9-28-24-43(28,39(51)47-59(53,54)42(17-18-42)19-20-55-7)46-37(49)34-22-30(25-48(34)38(50)36(26(2)3)45-40(52)58-41(4,5)6)57-35-23-32(27-13-11-10-12-14-27)44-33-21-29(56-8)15-16-31(33)35/h9-16,21,23,26,28,30,34,36H,1,17-20,22,24-25H2,2-8H3,(H,45,52)(H,46,49)(H,47,51). The minimum atomic E-state index is -4.12. The molecule has 2 heterocycles. The van der Waals surface area contributed by atoms with E-state index in [2.05, 4.69) is 21.9 Å². The number of ether oxygens (including phenoxy) is 4. The van der Waals surface area contributed by atoms with Crippen LogP contribution in [0, 0.1) is 11.8 Å². The Morgan fingerprint density at radius 2 is 1.76 bits per heavy atom. The fraction of sp³-hybridized carbons (Fsp3) is 0.512. The van der Waals surface area contributed by atoms with Crippen LogP contribution >= 0.6 is 0 Å². The summed E-state index contributed by atoms with van der Waals surface area (Å²) in [5.41, 5.74) is -0.381. The second kappa shape index (κ2) is 16.8. The molecule has 2 aliphatic carbocycles. The Hall–Kier alpha value is -5.22. The van der Waals surface area contributed by atoms with Gasteiger partial charge in [0.05, 0.1) is 29.6 Å². The van der Waals surface area contributed by atoms with Gasteiger partial charge in [-0.05, 0) is 64.5 Å². The summed E-state index contributed by atoms with van der Waals surface area (Å²) in [5, 5.41) is 6.20. The molecule has 1 aromatic heterocycles. The lowest BCUT2D eigenvalue weighted by molar-refractivity contribution is -0.141. The second-order valence-electron chi connectivity index (χ2n) is 17.0. The van der Waals surface area contributed by atoms with Crippen LogP contribution in [0.2, 0.25) is 0 Å². The van der Waals surface area contributed by atoms with Crippen LogP contribution in [0.5, 0.6) is 11.5 Å². The first-order chi connectivity index (χ1) is 27.9. The van der Waals surface area contributed by atoms with Crippen molar-refractivity contribution in [3.05, 3.63) is 67.3 Å². The van der Waals surface area contributed by atoms with E-state index in [4.69, 9.17) is 23.9 Å². The highest BCUT2D eigenvalue weighted by Gasteiger charge is 2.63. The minimum Gasteiger partial charge on any atom is -0.497 e. The van der Waals surface area contributed by atoms with Crippen molar-refractivity contribution in [1.29, 1.82) is 0 Å². The molecule has 2 saturated carbocycles. The topological polar surface area (TPSA) is 192 Å². The quantitative estimate of drug-likeness (QED) is 0.167. The average Bonchev–Trinajstić information content (AvgIpc) is 4.09. The Balaban J connectivity index is 1.32. The molecule has 3 fully saturated rings. The molecule has 5 atom stereocenters. The van der Waals surface area contributed by atoms with E-state index in [-0.39, 0.29) is 32.4 Å². The number of carbonyl (C=O) groups is 4. The molecule has 318 valence electrons. The molecular formula is C43H55N5O10S. The molecule has 0 spiro atoms. The Morgan fingerprint density at radius 1 is 1.05 bits per heavy atom. The molecule has 4 amide bonds. The minimum absolute atomic E-state index is 0.00432. The van der Waals surface area contributed by atoms with Crippen LogP contribution in [-0.4, -0.2) is 104 Å². The number of alkyl carbamates (subject to hydrolysis) is 1. The van der Waals surface area contributed by atoms with Crippen LogP contribution in [0.4, 0.5) is 4.79 Å². The maximum absolute atomic E-state index is 14.6. The Kier molecular flexibility index (Phi) is 12.3. The first-order valence-electron chi connectivity index (χ1n) is 19.9. The van der Waals surface area contributed by atoms with Gasteiger partial charge in [0.2, 0.25) is 21.8 Å². The molecule has 3 aliphatic rings. The van der Waals surface area contributed by atoms with Gasteiger partial charge < -0.3 is 34.5 Å². The van der Waals surface area contributed by atoms with Gasteiger partial charge in [-0.3, -0.25) is 19.1 Å². The first-order valence-corrected chi connectivity index (χ1v) is 21.4. The van der Waals surface area contributed by atoms with E-state index in [1.807, 2.05) is 42.5 Å². The summed E-state index contributed by atoms with van der Waals surface area (Å²) in [5.74, 6) is -2.05.